The number of carbonyl (C=O) groups is 4. The van der Waals surface area contributed by atoms with Crippen molar-refractivity contribution in [2.45, 2.75) is 17.9 Å². The molecule has 0 saturated heterocycles. The van der Waals surface area contributed by atoms with Crippen LogP contribution in [0.5, 0.6) is 0 Å². The van der Waals surface area contributed by atoms with Gasteiger partial charge in [-0.05, 0) is 22.9 Å². The Labute approximate surface area is 182 Å². The zero-order valence-electron chi connectivity index (χ0n) is 16.4. The van der Waals surface area contributed by atoms with Crippen LogP contribution < -0.4 is 10.6 Å². The third-order valence-corrected chi connectivity index (χ3v) is 6.06. The Balaban J connectivity index is 1.38. The fraction of sp³-hybridized carbons (Fsp3) is 0.421. The van der Waals surface area contributed by atoms with Crippen molar-refractivity contribution < 1.29 is 23.9 Å². The lowest BCUT2D eigenvalue weighted by Gasteiger charge is -2.13. The second kappa shape index (κ2) is 13.8. The van der Waals surface area contributed by atoms with E-state index < -0.39 is 11.8 Å². The number of pyridine rings is 1. The van der Waals surface area contributed by atoms with Gasteiger partial charge >= 0.3 is 0 Å². The topological polar surface area (TPSA) is 118 Å². The Morgan fingerprint density at radius 1 is 1.00 bits per heavy atom. The summed E-state index contributed by atoms with van der Waals surface area (Å²) in [4.78, 5) is 51.4. The minimum absolute atomic E-state index is 0.0403. The van der Waals surface area contributed by atoms with E-state index in [0.29, 0.717) is 38.5 Å². The van der Waals surface area contributed by atoms with E-state index in [9.17, 15) is 19.2 Å². The number of nitrogens with zero attached hydrogens (tertiary/aromatic N) is 2. The summed E-state index contributed by atoms with van der Waals surface area (Å²) in [7, 11) is 3.12. The van der Waals surface area contributed by atoms with Crippen LogP contribution in [-0.2, 0) is 23.9 Å². The summed E-state index contributed by atoms with van der Waals surface area (Å²) < 4.78 is 5.35. The van der Waals surface area contributed by atoms with Crippen molar-refractivity contribution in [2.75, 3.05) is 38.6 Å². The third kappa shape index (κ3) is 9.42. The lowest BCUT2D eigenvalue weighted by Crippen LogP contribution is -2.35. The highest BCUT2D eigenvalue weighted by Gasteiger charge is 2.23. The normalized spacial score (nSPS) is 13.0. The molecule has 0 fully saturated rings. The molecule has 0 aliphatic carbocycles. The van der Waals surface area contributed by atoms with Gasteiger partial charge in [-0.2, -0.15) is 0 Å². The fourth-order valence-corrected chi connectivity index (χ4v) is 4.17. The highest BCUT2D eigenvalue weighted by atomic mass is 33.1. The van der Waals surface area contributed by atoms with Crippen molar-refractivity contribution in [3.8, 4) is 0 Å². The Kier molecular flexibility index (Phi) is 11.0. The molecule has 2 N–H and O–H groups in total. The maximum absolute atomic E-state index is 11.7. The number of rotatable bonds is 14. The van der Waals surface area contributed by atoms with Crippen molar-refractivity contribution in [3.63, 3.8) is 0 Å². The van der Waals surface area contributed by atoms with Crippen molar-refractivity contribution in [2.24, 2.45) is 0 Å². The van der Waals surface area contributed by atoms with Gasteiger partial charge in [-0.25, -0.2) is 4.98 Å². The third-order valence-electron chi connectivity index (χ3n) is 3.79. The minimum atomic E-state index is -0.399. The number of aromatic nitrogens is 1. The smallest absolute Gasteiger partial charge is 0.253 e. The SMILES string of the molecule is O=C(CCSSc1ccccn1)NCCOCCNC(=O)CCN1C(=O)C=CC1=O. The van der Waals surface area contributed by atoms with Gasteiger partial charge in [0.1, 0.15) is 5.03 Å². The minimum Gasteiger partial charge on any atom is -0.378 e. The lowest BCUT2D eigenvalue weighted by atomic mass is 10.3. The Morgan fingerprint density at radius 2 is 1.67 bits per heavy atom. The molecule has 0 unspecified atom stereocenters. The summed E-state index contributed by atoms with van der Waals surface area (Å²) in [5, 5.41) is 6.34. The molecule has 11 heteroatoms. The van der Waals surface area contributed by atoms with E-state index in [2.05, 4.69) is 15.6 Å². The molecule has 1 aliphatic rings. The van der Waals surface area contributed by atoms with E-state index in [1.807, 2.05) is 18.2 Å². The first-order chi connectivity index (χ1) is 14.6. The molecular weight excluding hydrogens is 428 g/mol. The molecule has 2 rings (SSSR count). The number of amides is 4. The average Bonchev–Trinajstić information content (AvgIpc) is 3.07. The highest BCUT2D eigenvalue weighted by Crippen LogP contribution is 2.29. The van der Waals surface area contributed by atoms with E-state index in [1.165, 1.54) is 12.2 Å². The number of carbonyl (C=O) groups excluding carboxylic acids is 4. The van der Waals surface area contributed by atoms with E-state index >= 15 is 0 Å². The van der Waals surface area contributed by atoms with Crippen molar-refractivity contribution >= 4 is 45.2 Å². The van der Waals surface area contributed by atoms with Crippen LogP contribution in [0.2, 0.25) is 0 Å². The van der Waals surface area contributed by atoms with Crippen LogP contribution in [-0.4, -0.2) is 72.1 Å². The molecule has 0 aromatic carbocycles. The van der Waals surface area contributed by atoms with Gasteiger partial charge in [0, 0.05) is 56.6 Å². The molecule has 0 saturated carbocycles. The predicted octanol–water partition coefficient (Wildman–Crippen LogP) is 0.776. The van der Waals surface area contributed by atoms with E-state index in [-0.39, 0.29) is 24.8 Å². The molecule has 162 valence electrons. The van der Waals surface area contributed by atoms with Crippen LogP contribution in [0.15, 0.2) is 41.6 Å². The summed E-state index contributed by atoms with van der Waals surface area (Å²) in [6.07, 6.45) is 4.57. The maximum atomic E-state index is 11.7. The van der Waals surface area contributed by atoms with Gasteiger partial charge in [-0.15, -0.1) is 0 Å². The molecule has 0 bridgehead atoms. The van der Waals surface area contributed by atoms with Gasteiger partial charge in [-0.1, -0.05) is 16.9 Å². The number of hydrogen-bond donors (Lipinski definition) is 2. The van der Waals surface area contributed by atoms with Crippen LogP contribution in [0.4, 0.5) is 0 Å². The Morgan fingerprint density at radius 3 is 2.30 bits per heavy atom. The highest BCUT2D eigenvalue weighted by molar-refractivity contribution is 8.76. The van der Waals surface area contributed by atoms with Crippen molar-refractivity contribution in [3.05, 3.63) is 36.5 Å². The predicted molar refractivity (Wildman–Crippen MR) is 114 cm³/mol. The Bertz CT molecular complexity index is 743. The first-order valence-electron chi connectivity index (χ1n) is 9.41. The molecule has 0 radical (unpaired) electrons. The standard InChI is InChI=1S/C19H24N4O5S2/c24-15(6-11-23-18(26)4-5-19(23)27)20-9-12-28-13-10-21-16(25)7-14-29-30-17-3-1-2-8-22-17/h1-5,8H,6-7,9-14H2,(H,20,24)(H,21,25). The van der Waals surface area contributed by atoms with E-state index in [1.54, 1.807) is 27.8 Å². The molecule has 2 heterocycles. The summed E-state index contributed by atoms with van der Waals surface area (Å²) in [6.45, 7) is 1.43. The van der Waals surface area contributed by atoms with Crippen molar-refractivity contribution in [1.29, 1.82) is 0 Å². The summed E-state index contributed by atoms with van der Waals surface area (Å²) in [5.74, 6) is -0.417. The van der Waals surface area contributed by atoms with Gasteiger partial charge < -0.3 is 15.4 Å². The second-order valence-corrected chi connectivity index (χ2v) is 8.48. The lowest BCUT2D eigenvalue weighted by molar-refractivity contribution is -0.137. The maximum Gasteiger partial charge on any atom is 0.253 e. The molecule has 4 amide bonds. The molecule has 9 nitrogen and oxygen atoms in total. The van der Waals surface area contributed by atoms with Crippen LogP contribution in [0.25, 0.3) is 0 Å². The fourth-order valence-electron chi connectivity index (χ4n) is 2.30. The van der Waals surface area contributed by atoms with Crippen LogP contribution in [0.3, 0.4) is 0 Å². The van der Waals surface area contributed by atoms with Gasteiger partial charge in [0.2, 0.25) is 11.8 Å². The number of hydrogen-bond acceptors (Lipinski definition) is 8. The molecule has 0 atom stereocenters. The molecule has 30 heavy (non-hydrogen) atoms. The summed E-state index contributed by atoms with van der Waals surface area (Å²) >= 11 is 0. The van der Waals surface area contributed by atoms with Gasteiger partial charge in [-0.3, -0.25) is 24.1 Å². The monoisotopic (exact) mass is 452 g/mol. The largest absolute Gasteiger partial charge is 0.378 e. The summed E-state index contributed by atoms with van der Waals surface area (Å²) in [6, 6.07) is 5.70. The molecular formula is C19H24N4O5S2. The Hall–Kier alpha value is -2.37. The first kappa shape index (κ1) is 23.9. The van der Waals surface area contributed by atoms with E-state index in [4.69, 9.17) is 4.74 Å². The molecule has 0 spiro atoms. The molecule has 1 aliphatic heterocycles. The number of nitrogens with one attached hydrogen (secondary N) is 2. The van der Waals surface area contributed by atoms with Crippen LogP contribution in [0.1, 0.15) is 12.8 Å². The molecule has 1 aromatic heterocycles. The van der Waals surface area contributed by atoms with Gasteiger partial charge in [0.25, 0.3) is 11.8 Å². The zero-order chi connectivity index (χ0) is 21.6. The first-order valence-corrected chi connectivity index (χ1v) is 11.7. The van der Waals surface area contributed by atoms with Gasteiger partial charge in [0.15, 0.2) is 0 Å². The van der Waals surface area contributed by atoms with E-state index in [0.717, 1.165) is 9.93 Å². The van der Waals surface area contributed by atoms with Crippen LogP contribution >= 0.6 is 21.6 Å². The second-order valence-electron chi connectivity index (χ2n) is 6.05. The van der Waals surface area contributed by atoms with Crippen molar-refractivity contribution in [1.82, 2.24) is 20.5 Å². The zero-order valence-corrected chi connectivity index (χ0v) is 18.0. The van der Waals surface area contributed by atoms with Gasteiger partial charge in [0.05, 0.1) is 13.2 Å². The number of ether oxygens (including phenoxy) is 1. The number of imide groups is 1. The quantitative estimate of drug-likeness (QED) is 0.242. The average molecular weight is 453 g/mol. The summed E-state index contributed by atoms with van der Waals surface area (Å²) in [5.41, 5.74) is 0. The molecule has 1 aromatic rings. The van der Waals surface area contributed by atoms with Crippen LogP contribution in [0, 0.1) is 0 Å².